The van der Waals surface area contributed by atoms with Gasteiger partial charge in [0.1, 0.15) is 0 Å². The monoisotopic (exact) mass is 415 g/mol. The molecule has 164 valence electrons. The molecule has 1 aliphatic rings. The lowest BCUT2D eigenvalue weighted by molar-refractivity contribution is -0.121. The number of carbonyl (C=O) groups is 2. The first-order valence-corrected chi connectivity index (χ1v) is 10.5. The molecule has 1 aromatic rings. The van der Waals surface area contributed by atoms with Gasteiger partial charge in [-0.25, -0.2) is 5.43 Å². The standard InChI is InChI=1S/C23H33N3O4/c1-17-8-10-18(11-9-17)16-25-26-22(27)7-5-4-6-14-24-23(28)19-12-13-20(29-2)21(15-19)30-3/h8,12-13,15-16,18H,4-7,9-11,14H2,1-3H3,(H,24,28)(H,26,27)/b25-16+. The number of carbonyl (C=O) groups excluding carboxylic acids is 2. The van der Waals surface area contributed by atoms with E-state index in [1.54, 1.807) is 25.3 Å². The van der Waals surface area contributed by atoms with Crippen molar-refractivity contribution in [2.24, 2.45) is 11.0 Å². The summed E-state index contributed by atoms with van der Waals surface area (Å²) in [6, 6.07) is 5.07. The van der Waals surface area contributed by atoms with Crippen molar-refractivity contribution < 1.29 is 19.1 Å². The van der Waals surface area contributed by atoms with Crippen molar-refractivity contribution in [1.29, 1.82) is 0 Å². The highest BCUT2D eigenvalue weighted by molar-refractivity contribution is 5.94. The molecule has 1 unspecified atom stereocenters. The lowest BCUT2D eigenvalue weighted by Gasteiger charge is -2.15. The highest BCUT2D eigenvalue weighted by Gasteiger charge is 2.11. The molecule has 0 aliphatic heterocycles. The number of ether oxygens (including phenoxy) is 2. The summed E-state index contributed by atoms with van der Waals surface area (Å²) < 4.78 is 10.4. The van der Waals surface area contributed by atoms with Gasteiger partial charge < -0.3 is 14.8 Å². The molecule has 7 nitrogen and oxygen atoms in total. The zero-order valence-electron chi connectivity index (χ0n) is 18.2. The van der Waals surface area contributed by atoms with Crippen LogP contribution in [0.1, 0.15) is 62.2 Å². The summed E-state index contributed by atoms with van der Waals surface area (Å²) in [6.45, 7) is 2.71. The second kappa shape index (κ2) is 12.7. The number of nitrogens with one attached hydrogen (secondary N) is 2. The van der Waals surface area contributed by atoms with Crippen LogP contribution in [0.2, 0.25) is 0 Å². The van der Waals surface area contributed by atoms with Crippen molar-refractivity contribution in [2.75, 3.05) is 20.8 Å². The van der Waals surface area contributed by atoms with Gasteiger partial charge >= 0.3 is 0 Å². The van der Waals surface area contributed by atoms with E-state index in [1.807, 2.05) is 6.21 Å². The summed E-state index contributed by atoms with van der Waals surface area (Å²) in [5.74, 6) is 1.30. The van der Waals surface area contributed by atoms with Crippen LogP contribution >= 0.6 is 0 Å². The minimum atomic E-state index is -0.157. The summed E-state index contributed by atoms with van der Waals surface area (Å²) in [5, 5.41) is 6.97. The fraction of sp³-hybridized carbons (Fsp3) is 0.522. The van der Waals surface area contributed by atoms with Crippen molar-refractivity contribution in [2.45, 2.75) is 51.9 Å². The topological polar surface area (TPSA) is 89.0 Å². The smallest absolute Gasteiger partial charge is 0.251 e. The van der Waals surface area contributed by atoms with Gasteiger partial charge in [-0.05, 0) is 63.1 Å². The van der Waals surface area contributed by atoms with E-state index in [0.29, 0.717) is 35.9 Å². The number of amides is 2. The maximum absolute atomic E-state index is 12.2. The van der Waals surface area contributed by atoms with E-state index in [-0.39, 0.29) is 11.8 Å². The summed E-state index contributed by atoms with van der Waals surface area (Å²) in [4.78, 5) is 24.1. The first-order valence-electron chi connectivity index (χ1n) is 10.5. The van der Waals surface area contributed by atoms with Crippen molar-refractivity contribution in [3.05, 3.63) is 35.4 Å². The number of unbranched alkanes of at least 4 members (excludes halogenated alkanes) is 2. The highest BCUT2D eigenvalue weighted by atomic mass is 16.5. The average Bonchev–Trinajstić information content (AvgIpc) is 2.76. The van der Waals surface area contributed by atoms with Crippen LogP contribution in [0.5, 0.6) is 11.5 Å². The van der Waals surface area contributed by atoms with Crippen LogP contribution in [-0.4, -0.2) is 38.8 Å². The van der Waals surface area contributed by atoms with E-state index in [9.17, 15) is 9.59 Å². The SMILES string of the molecule is COc1ccc(C(=O)NCCCCCC(=O)N/N=C/C2CC=C(C)CC2)cc1OC. The van der Waals surface area contributed by atoms with E-state index in [4.69, 9.17) is 9.47 Å². The molecule has 0 fully saturated rings. The Bertz CT molecular complexity index is 774. The summed E-state index contributed by atoms with van der Waals surface area (Å²) >= 11 is 0. The summed E-state index contributed by atoms with van der Waals surface area (Å²) in [6.07, 6.45) is 10.2. The molecule has 2 rings (SSSR count). The van der Waals surface area contributed by atoms with Crippen LogP contribution in [0.15, 0.2) is 34.9 Å². The molecule has 7 heteroatoms. The Labute approximate surface area is 178 Å². The molecule has 0 heterocycles. The number of nitrogens with zero attached hydrogens (tertiary/aromatic N) is 1. The van der Waals surface area contributed by atoms with E-state index in [0.717, 1.165) is 38.5 Å². The van der Waals surface area contributed by atoms with Gasteiger partial charge in [0, 0.05) is 24.7 Å². The normalized spacial score (nSPS) is 16.1. The fourth-order valence-corrected chi connectivity index (χ4v) is 3.26. The number of rotatable bonds is 11. The Morgan fingerprint density at radius 3 is 2.67 bits per heavy atom. The van der Waals surface area contributed by atoms with E-state index < -0.39 is 0 Å². The Balaban J connectivity index is 1.57. The van der Waals surface area contributed by atoms with Crippen LogP contribution < -0.4 is 20.2 Å². The predicted molar refractivity (Wildman–Crippen MR) is 118 cm³/mol. The minimum absolute atomic E-state index is 0.0665. The van der Waals surface area contributed by atoms with E-state index in [1.165, 1.54) is 12.7 Å². The molecule has 0 aromatic heterocycles. The lowest BCUT2D eigenvalue weighted by atomic mass is 9.91. The molecular formula is C23H33N3O4. The predicted octanol–water partition coefficient (Wildman–Crippen LogP) is 3.84. The Morgan fingerprint density at radius 1 is 1.17 bits per heavy atom. The van der Waals surface area contributed by atoms with Gasteiger partial charge in [0.25, 0.3) is 5.91 Å². The molecule has 0 bridgehead atoms. The highest BCUT2D eigenvalue weighted by Crippen LogP contribution is 2.27. The van der Waals surface area contributed by atoms with Gasteiger partial charge in [0.05, 0.1) is 14.2 Å². The number of hydrogen-bond donors (Lipinski definition) is 2. The van der Waals surface area contributed by atoms with Crippen molar-refractivity contribution in [3.63, 3.8) is 0 Å². The number of hydrazone groups is 1. The maximum Gasteiger partial charge on any atom is 0.251 e. The van der Waals surface area contributed by atoms with Crippen LogP contribution in [0.3, 0.4) is 0 Å². The van der Waals surface area contributed by atoms with Gasteiger partial charge in [0.15, 0.2) is 11.5 Å². The molecule has 2 N–H and O–H groups in total. The molecule has 2 amide bonds. The summed E-state index contributed by atoms with van der Waals surface area (Å²) in [7, 11) is 3.09. The fourth-order valence-electron chi connectivity index (χ4n) is 3.26. The first-order chi connectivity index (χ1) is 14.5. The maximum atomic E-state index is 12.2. The summed E-state index contributed by atoms with van der Waals surface area (Å²) in [5.41, 5.74) is 4.57. The zero-order valence-corrected chi connectivity index (χ0v) is 18.2. The molecule has 1 aromatic carbocycles. The largest absolute Gasteiger partial charge is 0.493 e. The number of benzene rings is 1. The molecule has 1 atom stereocenters. The van der Waals surface area contributed by atoms with Crippen LogP contribution in [0.4, 0.5) is 0 Å². The molecule has 0 saturated heterocycles. The van der Waals surface area contributed by atoms with Gasteiger partial charge in [0.2, 0.25) is 5.91 Å². The second-order valence-corrected chi connectivity index (χ2v) is 7.53. The van der Waals surface area contributed by atoms with Crippen molar-refractivity contribution in [1.82, 2.24) is 10.7 Å². The third-order valence-corrected chi connectivity index (χ3v) is 5.17. The quantitative estimate of drug-likeness (QED) is 0.249. The van der Waals surface area contributed by atoms with Crippen LogP contribution in [-0.2, 0) is 4.79 Å². The Kier molecular flexibility index (Phi) is 9.91. The van der Waals surface area contributed by atoms with Crippen LogP contribution in [0, 0.1) is 5.92 Å². The molecular weight excluding hydrogens is 382 g/mol. The lowest BCUT2D eigenvalue weighted by Crippen LogP contribution is -2.24. The van der Waals surface area contributed by atoms with Gasteiger partial charge in [-0.1, -0.05) is 18.1 Å². The molecule has 0 saturated carbocycles. The minimum Gasteiger partial charge on any atom is -0.493 e. The molecule has 0 spiro atoms. The van der Waals surface area contributed by atoms with Crippen molar-refractivity contribution >= 4 is 18.0 Å². The van der Waals surface area contributed by atoms with Crippen LogP contribution in [0.25, 0.3) is 0 Å². The number of allylic oxidation sites excluding steroid dienone is 2. The number of hydrogen-bond acceptors (Lipinski definition) is 5. The van der Waals surface area contributed by atoms with Crippen molar-refractivity contribution in [3.8, 4) is 11.5 Å². The van der Waals surface area contributed by atoms with Gasteiger partial charge in [-0.2, -0.15) is 5.10 Å². The van der Waals surface area contributed by atoms with E-state index in [2.05, 4.69) is 28.8 Å². The first kappa shape index (κ1) is 23.4. The van der Waals surface area contributed by atoms with Gasteiger partial charge in [-0.3, -0.25) is 9.59 Å². The second-order valence-electron chi connectivity index (χ2n) is 7.53. The third-order valence-electron chi connectivity index (χ3n) is 5.17. The molecule has 0 radical (unpaired) electrons. The molecule has 30 heavy (non-hydrogen) atoms. The Hall–Kier alpha value is -2.83. The average molecular weight is 416 g/mol. The van der Waals surface area contributed by atoms with Gasteiger partial charge in [-0.15, -0.1) is 0 Å². The Morgan fingerprint density at radius 2 is 1.97 bits per heavy atom. The molecule has 1 aliphatic carbocycles. The van der Waals surface area contributed by atoms with E-state index >= 15 is 0 Å². The third kappa shape index (κ3) is 7.89. The zero-order chi connectivity index (χ0) is 21.8. The number of methoxy groups -OCH3 is 2.